The van der Waals surface area contributed by atoms with Crippen LogP contribution in [0.15, 0.2) is 34.4 Å². The third-order valence-corrected chi connectivity index (χ3v) is 3.17. The van der Waals surface area contributed by atoms with Crippen LogP contribution >= 0.6 is 28.1 Å². The van der Waals surface area contributed by atoms with E-state index in [1.54, 1.807) is 13.1 Å². The summed E-state index contributed by atoms with van der Waals surface area (Å²) in [6, 6.07) is 7.70. The highest BCUT2D eigenvalue weighted by Crippen LogP contribution is 2.15. The maximum absolute atomic E-state index is 11.7. The second-order valence-corrected chi connectivity index (χ2v) is 4.71. The first kappa shape index (κ1) is 11.3. The first-order chi connectivity index (χ1) is 7.58. The molecule has 0 unspecified atom stereocenters. The van der Waals surface area contributed by atoms with E-state index in [0.29, 0.717) is 10.8 Å². The number of benzene rings is 1. The van der Waals surface area contributed by atoms with Gasteiger partial charge in [0.15, 0.2) is 5.11 Å². The van der Waals surface area contributed by atoms with E-state index in [-0.39, 0.29) is 5.91 Å². The number of hydrogen-bond donors (Lipinski definition) is 1. The van der Waals surface area contributed by atoms with Gasteiger partial charge in [0, 0.05) is 11.5 Å². The zero-order chi connectivity index (χ0) is 11.7. The van der Waals surface area contributed by atoms with Crippen LogP contribution < -0.4 is 5.32 Å². The molecule has 0 spiro atoms. The van der Waals surface area contributed by atoms with Gasteiger partial charge in [0.2, 0.25) is 0 Å². The summed E-state index contributed by atoms with van der Waals surface area (Å²) < 4.78 is 1.01. The quantitative estimate of drug-likeness (QED) is 0.637. The van der Waals surface area contributed by atoms with Gasteiger partial charge in [0.25, 0.3) is 5.91 Å². The van der Waals surface area contributed by atoms with Crippen molar-refractivity contribution >= 4 is 45.2 Å². The SMILES string of the molecule is CN1C(=O)/C(=C/c2ccc(Br)cc2)NC1=S. The van der Waals surface area contributed by atoms with Gasteiger partial charge in [0.05, 0.1) is 0 Å². The lowest BCUT2D eigenvalue weighted by atomic mass is 10.2. The molecule has 1 fully saturated rings. The van der Waals surface area contributed by atoms with Crippen LogP contribution in [-0.4, -0.2) is 23.0 Å². The molecule has 0 aliphatic carbocycles. The van der Waals surface area contributed by atoms with Gasteiger partial charge in [-0.2, -0.15) is 0 Å². The molecular formula is C11H9BrN2OS. The molecule has 0 saturated carbocycles. The monoisotopic (exact) mass is 296 g/mol. The average molecular weight is 297 g/mol. The van der Waals surface area contributed by atoms with Gasteiger partial charge in [-0.05, 0) is 36.0 Å². The summed E-state index contributed by atoms with van der Waals surface area (Å²) in [5.74, 6) is -0.104. The first-order valence-electron chi connectivity index (χ1n) is 4.64. The number of carbonyl (C=O) groups excluding carboxylic acids is 1. The molecule has 1 saturated heterocycles. The van der Waals surface area contributed by atoms with Crippen molar-refractivity contribution in [3.63, 3.8) is 0 Å². The van der Waals surface area contributed by atoms with Crippen molar-refractivity contribution in [1.29, 1.82) is 0 Å². The van der Waals surface area contributed by atoms with Crippen LogP contribution in [0.3, 0.4) is 0 Å². The molecule has 1 heterocycles. The Morgan fingerprint density at radius 3 is 2.50 bits per heavy atom. The number of rotatable bonds is 1. The molecule has 2 rings (SSSR count). The summed E-state index contributed by atoms with van der Waals surface area (Å²) in [4.78, 5) is 13.1. The number of amides is 1. The average Bonchev–Trinajstić information content (AvgIpc) is 2.50. The molecule has 5 heteroatoms. The fourth-order valence-electron chi connectivity index (χ4n) is 1.35. The maximum atomic E-state index is 11.7. The number of hydrogen-bond acceptors (Lipinski definition) is 2. The van der Waals surface area contributed by atoms with E-state index in [1.165, 1.54) is 4.90 Å². The fraction of sp³-hybridized carbons (Fsp3) is 0.0909. The lowest BCUT2D eigenvalue weighted by molar-refractivity contribution is -0.121. The second-order valence-electron chi connectivity index (χ2n) is 3.40. The van der Waals surface area contributed by atoms with E-state index >= 15 is 0 Å². The number of thiocarbonyl (C=S) groups is 1. The van der Waals surface area contributed by atoms with E-state index in [0.717, 1.165) is 10.0 Å². The molecule has 1 aromatic rings. The number of halogens is 1. The highest BCUT2D eigenvalue weighted by Gasteiger charge is 2.26. The van der Waals surface area contributed by atoms with E-state index in [2.05, 4.69) is 21.2 Å². The van der Waals surface area contributed by atoms with Crippen molar-refractivity contribution in [2.24, 2.45) is 0 Å². The Morgan fingerprint density at radius 2 is 2.00 bits per heavy atom. The lowest BCUT2D eigenvalue weighted by Crippen LogP contribution is -2.25. The smallest absolute Gasteiger partial charge is 0.276 e. The Labute approximate surface area is 107 Å². The molecule has 1 amide bonds. The Kier molecular flexibility index (Phi) is 3.07. The largest absolute Gasteiger partial charge is 0.328 e. The minimum Gasteiger partial charge on any atom is -0.328 e. The third kappa shape index (κ3) is 2.15. The third-order valence-electron chi connectivity index (χ3n) is 2.26. The summed E-state index contributed by atoms with van der Waals surface area (Å²) in [6.45, 7) is 0. The molecule has 82 valence electrons. The summed E-state index contributed by atoms with van der Waals surface area (Å²) in [6.07, 6.45) is 1.78. The van der Waals surface area contributed by atoms with Crippen molar-refractivity contribution in [1.82, 2.24) is 10.2 Å². The molecule has 1 aromatic carbocycles. The molecule has 1 N–H and O–H groups in total. The minimum absolute atomic E-state index is 0.104. The van der Waals surface area contributed by atoms with Crippen LogP contribution in [0.4, 0.5) is 0 Å². The topological polar surface area (TPSA) is 32.3 Å². The molecular weight excluding hydrogens is 288 g/mol. The molecule has 1 aliphatic rings. The highest BCUT2D eigenvalue weighted by atomic mass is 79.9. The molecule has 0 atom stereocenters. The van der Waals surface area contributed by atoms with Crippen molar-refractivity contribution < 1.29 is 4.79 Å². The van der Waals surface area contributed by atoms with Gasteiger partial charge >= 0.3 is 0 Å². The lowest BCUT2D eigenvalue weighted by Gasteiger charge is -2.02. The Bertz CT molecular complexity index is 481. The Hall–Kier alpha value is -1.20. The van der Waals surface area contributed by atoms with Gasteiger partial charge in [-0.3, -0.25) is 9.69 Å². The summed E-state index contributed by atoms with van der Waals surface area (Å²) in [5.41, 5.74) is 1.46. The van der Waals surface area contributed by atoms with Gasteiger partial charge in [-0.15, -0.1) is 0 Å². The highest BCUT2D eigenvalue weighted by molar-refractivity contribution is 9.10. The number of nitrogens with one attached hydrogen (secondary N) is 1. The van der Waals surface area contributed by atoms with Gasteiger partial charge in [-0.25, -0.2) is 0 Å². The van der Waals surface area contributed by atoms with Gasteiger partial charge in [0.1, 0.15) is 5.70 Å². The number of likely N-dealkylation sites (N-methyl/N-ethyl adjacent to an activating group) is 1. The maximum Gasteiger partial charge on any atom is 0.276 e. The summed E-state index contributed by atoms with van der Waals surface area (Å²) >= 11 is 8.34. The fourth-order valence-corrected chi connectivity index (χ4v) is 1.81. The Balaban J connectivity index is 2.29. The van der Waals surface area contributed by atoms with Gasteiger partial charge in [-0.1, -0.05) is 28.1 Å². The first-order valence-corrected chi connectivity index (χ1v) is 5.84. The number of carbonyl (C=O) groups is 1. The molecule has 0 aromatic heterocycles. The van der Waals surface area contributed by atoms with Crippen LogP contribution in [0.5, 0.6) is 0 Å². The predicted molar refractivity (Wildman–Crippen MR) is 70.6 cm³/mol. The van der Waals surface area contributed by atoms with Crippen LogP contribution in [0.2, 0.25) is 0 Å². The molecule has 0 radical (unpaired) electrons. The second kappa shape index (κ2) is 4.35. The van der Waals surface area contributed by atoms with Crippen LogP contribution in [0.1, 0.15) is 5.56 Å². The van der Waals surface area contributed by atoms with Gasteiger partial charge < -0.3 is 5.32 Å². The summed E-state index contributed by atoms with van der Waals surface area (Å²) in [7, 11) is 1.65. The normalized spacial score (nSPS) is 18.1. The van der Waals surface area contributed by atoms with Crippen molar-refractivity contribution in [3.8, 4) is 0 Å². The molecule has 0 bridgehead atoms. The molecule has 16 heavy (non-hydrogen) atoms. The van der Waals surface area contributed by atoms with Crippen LogP contribution in [0, 0.1) is 0 Å². The zero-order valence-corrected chi connectivity index (χ0v) is 10.9. The number of nitrogens with zero attached hydrogens (tertiary/aromatic N) is 1. The van der Waals surface area contributed by atoms with Crippen molar-refractivity contribution in [2.45, 2.75) is 0 Å². The summed E-state index contributed by atoms with van der Waals surface area (Å²) in [5, 5.41) is 3.31. The van der Waals surface area contributed by atoms with E-state index in [4.69, 9.17) is 12.2 Å². The van der Waals surface area contributed by atoms with E-state index in [9.17, 15) is 4.79 Å². The van der Waals surface area contributed by atoms with Crippen molar-refractivity contribution in [2.75, 3.05) is 7.05 Å². The zero-order valence-electron chi connectivity index (χ0n) is 8.53. The van der Waals surface area contributed by atoms with Crippen molar-refractivity contribution in [3.05, 3.63) is 40.0 Å². The molecule has 3 nitrogen and oxygen atoms in total. The van der Waals surface area contributed by atoms with Crippen LogP contribution in [0.25, 0.3) is 6.08 Å². The molecule has 1 aliphatic heterocycles. The minimum atomic E-state index is -0.104. The predicted octanol–water partition coefficient (Wildman–Crippen LogP) is 2.14. The van der Waals surface area contributed by atoms with E-state index in [1.807, 2.05) is 24.3 Å². The Morgan fingerprint density at radius 1 is 1.38 bits per heavy atom. The standard InChI is InChI=1S/C11H9BrN2OS/c1-14-10(15)9(13-11(14)16)6-7-2-4-8(12)5-3-7/h2-6H,1H3,(H,13,16)/b9-6-. The van der Waals surface area contributed by atoms with E-state index < -0.39 is 0 Å². The van der Waals surface area contributed by atoms with Crippen LogP contribution in [-0.2, 0) is 4.79 Å².